The van der Waals surface area contributed by atoms with E-state index in [-0.39, 0.29) is 11.3 Å². The van der Waals surface area contributed by atoms with E-state index in [1.54, 1.807) is 6.92 Å². The maximum atomic E-state index is 10.9. The predicted molar refractivity (Wildman–Crippen MR) is 57.0 cm³/mol. The molecule has 0 aromatic rings. The molecule has 0 saturated heterocycles. The Balaban J connectivity index is 2.84. The molecule has 2 unspecified atom stereocenters. The standard InChI is InChI=1S/C12H17NO2/c1-11(2,3)9(7-13)5-8-6-12(8,4)10(14)15/h5,8H,6H2,1-4H3,(H,14,15). The van der Waals surface area contributed by atoms with Crippen LogP contribution in [0, 0.1) is 28.1 Å². The summed E-state index contributed by atoms with van der Waals surface area (Å²) in [4.78, 5) is 10.9. The number of nitriles is 1. The lowest BCUT2D eigenvalue weighted by molar-refractivity contribution is -0.143. The molecule has 0 spiro atoms. The molecule has 1 rings (SSSR count). The van der Waals surface area contributed by atoms with E-state index < -0.39 is 11.4 Å². The summed E-state index contributed by atoms with van der Waals surface area (Å²) in [6.45, 7) is 7.61. The number of carbonyl (C=O) groups is 1. The van der Waals surface area contributed by atoms with Gasteiger partial charge in [-0.1, -0.05) is 26.8 Å². The minimum absolute atomic E-state index is 0.0175. The van der Waals surface area contributed by atoms with E-state index in [4.69, 9.17) is 10.4 Å². The van der Waals surface area contributed by atoms with Crippen molar-refractivity contribution in [3.63, 3.8) is 0 Å². The van der Waals surface area contributed by atoms with Crippen LogP contribution in [0.2, 0.25) is 0 Å². The first-order valence-electron chi connectivity index (χ1n) is 5.07. The molecule has 82 valence electrons. The zero-order valence-electron chi connectivity index (χ0n) is 9.66. The summed E-state index contributed by atoms with van der Waals surface area (Å²) < 4.78 is 0. The summed E-state index contributed by atoms with van der Waals surface area (Å²) in [6.07, 6.45) is 2.47. The minimum atomic E-state index is -0.769. The van der Waals surface area contributed by atoms with E-state index in [1.807, 2.05) is 26.8 Å². The Labute approximate surface area is 90.4 Å². The average molecular weight is 207 g/mol. The van der Waals surface area contributed by atoms with Gasteiger partial charge >= 0.3 is 5.97 Å². The fourth-order valence-corrected chi connectivity index (χ4v) is 1.54. The molecule has 1 aliphatic rings. The van der Waals surface area contributed by atoms with Crippen LogP contribution in [0.5, 0.6) is 0 Å². The molecule has 0 radical (unpaired) electrons. The number of carboxylic acids is 1. The average Bonchev–Trinajstić information content (AvgIpc) is 2.72. The van der Waals surface area contributed by atoms with Crippen molar-refractivity contribution in [2.75, 3.05) is 0 Å². The number of rotatable bonds is 2. The molecule has 0 aliphatic heterocycles. The topological polar surface area (TPSA) is 61.1 Å². The SMILES string of the molecule is CC(C)(C)C(C#N)=CC1CC1(C)C(=O)O. The van der Waals surface area contributed by atoms with Gasteiger partial charge in [0.2, 0.25) is 0 Å². The Morgan fingerprint density at radius 3 is 2.40 bits per heavy atom. The lowest BCUT2D eigenvalue weighted by atomic mass is 9.86. The van der Waals surface area contributed by atoms with Crippen LogP contribution in [0.1, 0.15) is 34.1 Å². The molecule has 2 atom stereocenters. The molecular weight excluding hydrogens is 190 g/mol. The second-order valence-electron chi connectivity index (χ2n) is 5.48. The van der Waals surface area contributed by atoms with Crippen molar-refractivity contribution in [1.82, 2.24) is 0 Å². The summed E-state index contributed by atoms with van der Waals surface area (Å²) in [5, 5.41) is 17.9. The summed E-state index contributed by atoms with van der Waals surface area (Å²) in [6, 6.07) is 2.16. The lowest BCUT2D eigenvalue weighted by Crippen LogP contribution is -2.13. The second-order valence-corrected chi connectivity index (χ2v) is 5.48. The molecule has 3 heteroatoms. The number of hydrogen-bond donors (Lipinski definition) is 1. The molecule has 15 heavy (non-hydrogen) atoms. The molecule has 0 bridgehead atoms. The smallest absolute Gasteiger partial charge is 0.309 e. The van der Waals surface area contributed by atoms with Crippen LogP contribution >= 0.6 is 0 Å². The first-order chi connectivity index (χ1) is 6.71. The normalized spacial score (nSPS) is 30.9. The second kappa shape index (κ2) is 3.37. The molecule has 1 N–H and O–H groups in total. The van der Waals surface area contributed by atoms with E-state index in [2.05, 4.69) is 6.07 Å². The van der Waals surface area contributed by atoms with Crippen molar-refractivity contribution in [1.29, 1.82) is 5.26 Å². The van der Waals surface area contributed by atoms with Crippen LogP contribution in [0.3, 0.4) is 0 Å². The minimum Gasteiger partial charge on any atom is -0.481 e. The Morgan fingerprint density at radius 2 is 2.13 bits per heavy atom. The van der Waals surface area contributed by atoms with Crippen molar-refractivity contribution < 1.29 is 9.90 Å². The van der Waals surface area contributed by atoms with Crippen LogP contribution < -0.4 is 0 Å². The number of allylic oxidation sites excluding steroid dienone is 2. The largest absolute Gasteiger partial charge is 0.481 e. The van der Waals surface area contributed by atoms with Gasteiger partial charge in [0.25, 0.3) is 0 Å². The van der Waals surface area contributed by atoms with Crippen molar-refractivity contribution in [2.24, 2.45) is 16.7 Å². The van der Waals surface area contributed by atoms with Gasteiger partial charge in [0.05, 0.1) is 11.5 Å². The number of nitrogens with zero attached hydrogens (tertiary/aromatic N) is 1. The molecule has 1 aliphatic carbocycles. The van der Waals surface area contributed by atoms with Crippen molar-refractivity contribution in [3.05, 3.63) is 11.6 Å². The van der Waals surface area contributed by atoms with Gasteiger partial charge in [-0.15, -0.1) is 0 Å². The highest BCUT2D eigenvalue weighted by atomic mass is 16.4. The van der Waals surface area contributed by atoms with Gasteiger partial charge in [-0.2, -0.15) is 5.26 Å². The molecule has 0 aromatic carbocycles. The fourth-order valence-electron chi connectivity index (χ4n) is 1.54. The Hall–Kier alpha value is -1.30. The molecular formula is C12H17NO2. The van der Waals surface area contributed by atoms with Gasteiger partial charge in [0, 0.05) is 5.57 Å². The van der Waals surface area contributed by atoms with Gasteiger partial charge in [-0.3, -0.25) is 4.79 Å². The highest BCUT2D eigenvalue weighted by molar-refractivity contribution is 5.78. The summed E-state index contributed by atoms with van der Waals surface area (Å²) in [5.74, 6) is -0.751. The van der Waals surface area contributed by atoms with Gasteiger partial charge < -0.3 is 5.11 Å². The molecule has 0 amide bonds. The third-order valence-electron chi connectivity index (χ3n) is 3.09. The Kier molecular flexibility index (Phi) is 2.65. The molecule has 1 saturated carbocycles. The molecule has 0 aromatic heterocycles. The number of carboxylic acid groups (broad SMARTS) is 1. The van der Waals surface area contributed by atoms with Crippen molar-refractivity contribution in [2.45, 2.75) is 34.1 Å². The number of aliphatic carboxylic acids is 1. The van der Waals surface area contributed by atoms with E-state index in [0.29, 0.717) is 12.0 Å². The van der Waals surface area contributed by atoms with E-state index in [1.165, 1.54) is 0 Å². The van der Waals surface area contributed by atoms with Gasteiger partial charge in [-0.25, -0.2) is 0 Å². The quantitative estimate of drug-likeness (QED) is 0.708. The van der Waals surface area contributed by atoms with Crippen LogP contribution in [-0.4, -0.2) is 11.1 Å². The lowest BCUT2D eigenvalue weighted by Gasteiger charge is -2.17. The highest BCUT2D eigenvalue weighted by Gasteiger charge is 2.55. The third-order valence-corrected chi connectivity index (χ3v) is 3.09. The zero-order valence-corrected chi connectivity index (χ0v) is 9.66. The predicted octanol–water partition coefficient (Wildman–Crippen LogP) is 2.59. The maximum Gasteiger partial charge on any atom is 0.309 e. The molecule has 1 fully saturated rings. The van der Waals surface area contributed by atoms with Crippen LogP contribution in [-0.2, 0) is 4.79 Å². The van der Waals surface area contributed by atoms with Crippen LogP contribution in [0.25, 0.3) is 0 Å². The van der Waals surface area contributed by atoms with E-state index in [0.717, 1.165) is 0 Å². The zero-order chi connectivity index (χ0) is 11.9. The first kappa shape index (κ1) is 11.8. The number of hydrogen-bond acceptors (Lipinski definition) is 2. The van der Waals surface area contributed by atoms with Crippen molar-refractivity contribution in [3.8, 4) is 6.07 Å². The fraction of sp³-hybridized carbons (Fsp3) is 0.667. The van der Waals surface area contributed by atoms with E-state index >= 15 is 0 Å². The maximum absolute atomic E-state index is 10.9. The Bertz CT molecular complexity index is 357. The molecule has 0 heterocycles. The highest BCUT2D eigenvalue weighted by Crippen LogP contribution is 2.54. The van der Waals surface area contributed by atoms with Gasteiger partial charge in [0.1, 0.15) is 0 Å². The summed E-state index contributed by atoms with van der Waals surface area (Å²) in [5.41, 5.74) is -0.165. The summed E-state index contributed by atoms with van der Waals surface area (Å²) >= 11 is 0. The monoisotopic (exact) mass is 207 g/mol. The van der Waals surface area contributed by atoms with Gasteiger partial charge in [-0.05, 0) is 24.7 Å². The van der Waals surface area contributed by atoms with Gasteiger partial charge in [0.15, 0.2) is 0 Å². The van der Waals surface area contributed by atoms with Crippen LogP contribution in [0.4, 0.5) is 0 Å². The first-order valence-corrected chi connectivity index (χ1v) is 5.07. The van der Waals surface area contributed by atoms with Crippen LogP contribution in [0.15, 0.2) is 11.6 Å². The Morgan fingerprint density at radius 1 is 1.60 bits per heavy atom. The van der Waals surface area contributed by atoms with E-state index in [9.17, 15) is 4.79 Å². The molecule has 3 nitrogen and oxygen atoms in total. The third kappa shape index (κ3) is 2.20. The summed E-state index contributed by atoms with van der Waals surface area (Å²) in [7, 11) is 0. The van der Waals surface area contributed by atoms with Crippen molar-refractivity contribution >= 4 is 5.97 Å².